The summed E-state index contributed by atoms with van der Waals surface area (Å²) in [5.41, 5.74) is -7.68. The van der Waals surface area contributed by atoms with E-state index in [1.807, 2.05) is 0 Å². The standard InChI is InChI=1S/C39H53NO14/c1-18-12-11-13-22(14-18)32(45)53-31-29-37(10,24(42)15-25-38(29,48)17-50-25)30(44)28(51-21(4)41)26-19(2)23(16-39(31,49)36(26,8)9)52-33(46)27(43)20(3)40-34(47)54-35(5,6)7/h11-14,20,23-25,27-29,31,42-43,48-49H,15-17H2,1-10H3,(H,40,47)/t20?,23?,24?,25?,27?,28?,29?,31?,37-,38+,39?/m1/s1. The molecule has 0 spiro atoms. The molecule has 0 radical (unpaired) electrons. The van der Waals surface area contributed by atoms with Gasteiger partial charge in [-0.05, 0) is 71.7 Å². The number of rotatable bonds is 7. The third kappa shape index (κ3) is 6.82. The molecule has 0 aromatic heterocycles. The molecule has 4 aliphatic rings. The van der Waals surface area contributed by atoms with Crippen molar-refractivity contribution in [2.75, 3.05) is 6.61 Å². The Labute approximate surface area is 314 Å². The number of ether oxygens (including phenoxy) is 5. The SMILES string of the molecule is CC(=O)OC1C(=O)[C@]2(C)C(O)CC3OC[C@@]3(O)C2C(OC(=O)c2cccc(C)c2)C2(O)CC(OC(=O)C(O)C(C)NC(=O)OC(C)(C)C)C(C)=C1C2(C)C. The lowest BCUT2D eigenvalue weighted by atomic mass is 9.44. The number of nitrogens with one attached hydrogen (secondary N) is 1. The van der Waals surface area contributed by atoms with Crippen LogP contribution in [0.2, 0.25) is 0 Å². The first kappa shape index (κ1) is 41.3. The predicted octanol–water partition coefficient (Wildman–Crippen LogP) is 2.22. The number of aliphatic hydroxyl groups excluding tert-OH is 2. The molecule has 1 amide bonds. The van der Waals surface area contributed by atoms with Gasteiger partial charge in [0, 0.05) is 31.1 Å². The molecular weight excluding hydrogens is 706 g/mol. The number of carbonyl (C=O) groups excluding carboxylic acids is 5. The van der Waals surface area contributed by atoms with Gasteiger partial charge in [-0.1, -0.05) is 31.5 Å². The van der Waals surface area contributed by atoms with Crippen molar-refractivity contribution in [1.29, 1.82) is 0 Å². The number of alkyl carbamates (subject to hydrolysis) is 1. The van der Waals surface area contributed by atoms with Crippen LogP contribution in [0.1, 0.15) is 91.1 Å². The van der Waals surface area contributed by atoms with Crippen LogP contribution in [-0.4, -0.2) is 116 Å². The van der Waals surface area contributed by atoms with Crippen molar-refractivity contribution in [3.8, 4) is 0 Å². The fourth-order valence-corrected chi connectivity index (χ4v) is 8.80. The van der Waals surface area contributed by atoms with E-state index in [2.05, 4.69) is 5.32 Å². The second kappa shape index (κ2) is 14.0. The first-order valence-corrected chi connectivity index (χ1v) is 18.1. The lowest BCUT2D eigenvalue weighted by Crippen LogP contribution is -2.81. The van der Waals surface area contributed by atoms with Crippen LogP contribution in [-0.2, 0) is 38.1 Å². The van der Waals surface area contributed by atoms with Crippen LogP contribution in [0.3, 0.4) is 0 Å². The smallest absolute Gasteiger partial charge is 0.407 e. The molecule has 3 aliphatic carbocycles. The summed E-state index contributed by atoms with van der Waals surface area (Å²) in [6, 6.07) is 5.27. The average molecular weight is 760 g/mol. The van der Waals surface area contributed by atoms with Crippen molar-refractivity contribution in [3.63, 3.8) is 0 Å². The van der Waals surface area contributed by atoms with E-state index >= 15 is 4.79 Å². The van der Waals surface area contributed by atoms with Crippen molar-refractivity contribution in [3.05, 3.63) is 46.5 Å². The Balaban J connectivity index is 1.67. The first-order chi connectivity index (χ1) is 24.8. The minimum absolute atomic E-state index is 0.0196. The number of hydrogen-bond acceptors (Lipinski definition) is 14. The number of aliphatic hydroxyl groups is 4. The van der Waals surface area contributed by atoms with Gasteiger partial charge in [-0.2, -0.15) is 0 Å². The van der Waals surface area contributed by atoms with E-state index in [1.54, 1.807) is 59.7 Å². The molecule has 9 unspecified atom stereocenters. The molecule has 5 rings (SSSR count). The number of Topliss-reactive ketones (excluding diaryl/α,β-unsaturated/α-hetero) is 1. The van der Waals surface area contributed by atoms with Crippen LogP contribution in [0.15, 0.2) is 35.4 Å². The van der Waals surface area contributed by atoms with Gasteiger partial charge in [0.2, 0.25) is 0 Å². The van der Waals surface area contributed by atoms with Gasteiger partial charge < -0.3 is 49.4 Å². The Hall–Kier alpha value is -3.89. The highest BCUT2D eigenvalue weighted by molar-refractivity contribution is 5.95. The van der Waals surface area contributed by atoms with E-state index < -0.39 is 112 Å². The second-order valence-electron chi connectivity index (χ2n) is 17.0. The monoisotopic (exact) mass is 759 g/mol. The van der Waals surface area contributed by atoms with Gasteiger partial charge in [0.15, 0.2) is 18.0 Å². The lowest BCUT2D eigenvalue weighted by Gasteiger charge is -2.66. The summed E-state index contributed by atoms with van der Waals surface area (Å²) in [7, 11) is 0. The Bertz CT molecular complexity index is 1750. The fraction of sp³-hybridized carbons (Fsp3) is 0.667. The van der Waals surface area contributed by atoms with Crippen molar-refractivity contribution in [1.82, 2.24) is 5.32 Å². The molecule has 3 fully saturated rings. The number of fused-ring (bicyclic) bond motifs is 5. The summed E-state index contributed by atoms with van der Waals surface area (Å²) in [6.07, 6.45) is -11.0. The number of benzene rings is 1. The van der Waals surface area contributed by atoms with E-state index in [0.717, 1.165) is 12.5 Å². The van der Waals surface area contributed by atoms with Gasteiger partial charge in [-0.15, -0.1) is 0 Å². The van der Waals surface area contributed by atoms with Crippen molar-refractivity contribution >= 4 is 29.8 Å². The maximum atomic E-state index is 15.1. The van der Waals surface area contributed by atoms with E-state index in [9.17, 15) is 39.6 Å². The fourth-order valence-electron chi connectivity index (χ4n) is 8.80. The summed E-state index contributed by atoms with van der Waals surface area (Å²) >= 11 is 0. The predicted molar refractivity (Wildman–Crippen MR) is 189 cm³/mol. The van der Waals surface area contributed by atoms with Gasteiger partial charge in [-0.3, -0.25) is 9.59 Å². The third-order valence-corrected chi connectivity index (χ3v) is 11.8. The highest BCUT2D eigenvalue weighted by Gasteiger charge is 2.76. The third-order valence-electron chi connectivity index (χ3n) is 11.8. The van der Waals surface area contributed by atoms with E-state index in [-0.39, 0.29) is 29.7 Å². The van der Waals surface area contributed by atoms with Gasteiger partial charge in [0.1, 0.15) is 29.0 Å². The quantitative estimate of drug-likeness (QED) is 0.153. The maximum absolute atomic E-state index is 15.1. The van der Waals surface area contributed by atoms with Gasteiger partial charge in [-0.25, -0.2) is 14.4 Å². The van der Waals surface area contributed by atoms with Crippen LogP contribution >= 0.6 is 0 Å². The molecule has 2 saturated carbocycles. The summed E-state index contributed by atoms with van der Waals surface area (Å²) in [5, 5.41) is 50.8. The number of ketones is 1. The minimum atomic E-state index is -2.32. The highest BCUT2D eigenvalue weighted by atomic mass is 16.6. The molecule has 1 heterocycles. The highest BCUT2D eigenvalue weighted by Crippen LogP contribution is 2.63. The molecule has 2 bridgehead atoms. The Morgan fingerprint density at radius 2 is 1.69 bits per heavy atom. The zero-order valence-corrected chi connectivity index (χ0v) is 32.4. The molecule has 1 aliphatic heterocycles. The normalized spacial score (nSPS) is 35.4. The molecule has 1 aromatic carbocycles. The van der Waals surface area contributed by atoms with Crippen molar-refractivity contribution < 1.29 is 68.1 Å². The van der Waals surface area contributed by atoms with Gasteiger partial charge in [0.25, 0.3) is 0 Å². The summed E-state index contributed by atoms with van der Waals surface area (Å²) < 4.78 is 28.7. The van der Waals surface area contributed by atoms with E-state index in [0.29, 0.717) is 0 Å². The largest absolute Gasteiger partial charge is 0.456 e. The number of esters is 3. The summed E-state index contributed by atoms with van der Waals surface area (Å²) in [6.45, 7) is 14.8. The Kier molecular flexibility index (Phi) is 10.7. The van der Waals surface area contributed by atoms with Crippen LogP contribution < -0.4 is 5.32 Å². The molecular formula is C39H53NO14. The molecule has 54 heavy (non-hydrogen) atoms. The molecule has 1 aromatic rings. The minimum Gasteiger partial charge on any atom is -0.456 e. The molecule has 11 atom stereocenters. The van der Waals surface area contributed by atoms with E-state index in [1.165, 1.54) is 26.8 Å². The summed E-state index contributed by atoms with van der Waals surface area (Å²) in [5.74, 6) is -5.37. The van der Waals surface area contributed by atoms with E-state index in [4.69, 9.17) is 23.7 Å². The number of aryl methyl sites for hydroxylation is 1. The Morgan fingerprint density at radius 3 is 2.24 bits per heavy atom. The number of hydrogen-bond donors (Lipinski definition) is 5. The molecule has 1 saturated heterocycles. The summed E-state index contributed by atoms with van der Waals surface area (Å²) in [4.78, 5) is 67.9. The van der Waals surface area contributed by atoms with Crippen LogP contribution in [0.5, 0.6) is 0 Å². The van der Waals surface area contributed by atoms with Gasteiger partial charge >= 0.3 is 24.0 Å². The molecule has 15 heteroatoms. The first-order valence-electron chi connectivity index (χ1n) is 18.1. The molecule has 5 N–H and O–H groups in total. The zero-order chi connectivity index (χ0) is 40.5. The van der Waals surface area contributed by atoms with Crippen LogP contribution in [0, 0.1) is 23.7 Å². The number of carbonyl (C=O) groups is 5. The van der Waals surface area contributed by atoms with Crippen molar-refractivity contribution in [2.45, 2.75) is 142 Å². The maximum Gasteiger partial charge on any atom is 0.407 e. The number of amides is 1. The van der Waals surface area contributed by atoms with Crippen LogP contribution in [0.4, 0.5) is 4.79 Å². The van der Waals surface area contributed by atoms with Crippen LogP contribution in [0.25, 0.3) is 0 Å². The lowest BCUT2D eigenvalue weighted by molar-refractivity contribution is -0.343. The topological polar surface area (TPSA) is 224 Å². The zero-order valence-electron chi connectivity index (χ0n) is 32.4. The molecule has 15 nitrogen and oxygen atoms in total. The second-order valence-corrected chi connectivity index (χ2v) is 17.0. The van der Waals surface area contributed by atoms with Crippen molar-refractivity contribution in [2.24, 2.45) is 16.7 Å². The molecule has 298 valence electrons. The van der Waals surface area contributed by atoms with Gasteiger partial charge in [0.05, 0.1) is 35.8 Å². The Morgan fingerprint density at radius 1 is 1.04 bits per heavy atom. The average Bonchev–Trinajstić information content (AvgIpc) is 3.05.